The highest BCUT2D eigenvalue weighted by Crippen LogP contribution is 2.18. The average Bonchev–Trinajstić information content (AvgIpc) is 2.59. The molecule has 0 radical (unpaired) electrons. The van der Waals surface area contributed by atoms with Crippen LogP contribution in [0.15, 0.2) is 48.5 Å². The van der Waals surface area contributed by atoms with Gasteiger partial charge in [0, 0.05) is 17.3 Å². The summed E-state index contributed by atoms with van der Waals surface area (Å²) in [5.74, 6) is -0.939. The Morgan fingerprint density at radius 3 is 1.79 bits per heavy atom. The van der Waals surface area contributed by atoms with Gasteiger partial charge in [0.15, 0.2) is 0 Å². The zero-order valence-corrected chi connectivity index (χ0v) is 21.2. The Morgan fingerprint density at radius 1 is 0.897 bits per heavy atom. The van der Waals surface area contributed by atoms with Crippen LogP contribution in [0.25, 0.3) is 5.57 Å². The zero-order valence-electron chi connectivity index (χ0n) is 18.4. The van der Waals surface area contributed by atoms with Crippen molar-refractivity contribution in [2.24, 2.45) is 0 Å². The SMILES string of the molecule is C/C(=C/C(=O)O)c1ccc(NC(=S)c2cc([Si](C)(C)C)cc([Si](C)(C)C)c2)cc1. The van der Waals surface area contributed by atoms with E-state index in [0.717, 1.165) is 21.8 Å². The van der Waals surface area contributed by atoms with Crippen molar-refractivity contribution in [1.82, 2.24) is 0 Å². The summed E-state index contributed by atoms with van der Waals surface area (Å²) in [6, 6.07) is 14.6. The number of allylic oxidation sites excluding steroid dienone is 1. The molecule has 0 atom stereocenters. The van der Waals surface area contributed by atoms with E-state index in [1.807, 2.05) is 24.3 Å². The van der Waals surface area contributed by atoms with Crippen LogP contribution in [-0.2, 0) is 4.79 Å². The number of carboxylic acid groups (broad SMARTS) is 1. The van der Waals surface area contributed by atoms with Crippen molar-refractivity contribution >= 4 is 61.0 Å². The quantitative estimate of drug-likeness (QED) is 0.374. The molecule has 0 aromatic heterocycles. The number of carbonyl (C=O) groups is 1. The summed E-state index contributed by atoms with van der Waals surface area (Å²) in [5, 5.41) is 15.1. The summed E-state index contributed by atoms with van der Waals surface area (Å²) >= 11 is 5.74. The van der Waals surface area contributed by atoms with Gasteiger partial charge in [-0.1, -0.05) is 92.2 Å². The second kappa shape index (κ2) is 8.77. The Kier molecular flexibility index (Phi) is 7.03. The number of carboxylic acids is 1. The van der Waals surface area contributed by atoms with Gasteiger partial charge in [0.2, 0.25) is 0 Å². The topological polar surface area (TPSA) is 49.3 Å². The molecule has 2 aromatic carbocycles. The third kappa shape index (κ3) is 6.49. The minimum absolute atomic E-state index is 0.717. The number of nitrogens with one attached hydrogen (secondary N) is 1. The number of hydrogen-bond donors (Lipinski definition) is 2. The molecule has 2 rings (SSSR count). The summed E-state index contributed by atoms with van der Waals surface area (Å²) in [6.07, 6.45) is 1.22. The van der Waals surface area contributed by atoms with Gasteiger partial charge in [0.25, 0.3) is 0 Å². The normalized spacial score (nSPS) is 12.6. The highest BCUT2D eigenvalue weighted by molar-refractivity contribution is 7.81. The first-order valence-electron chi connectivity index (χ1n) is 9.76. The number of anilines is 1. The zero-order chi connectivity index (χ0) is 22.0. The molecule has 0 amide bonds. The van der Waals surface area contributed by atoms with Crippen LogP contribution in [0.3, 0.4) is 0 Å². The van der Waals surface area contributed by atoms with Gasteiger partial charge in [-0.25, -0.2) is 4.79 Å². The molecular formula is C23H31NO2SSi2. The lowest BCUT2D eigenvalue weighted by Gasteiger charge is -2.24. The lowest BCUT2D eigenvalue weighted by molar-refractivity contribution is -0.131. The third-order valence-corrected chi connectivity index (χ3v) is 9.24. The van der Waals surface area contributed by atoms with E-state index in [1.165, 1.54) is 16.4 Å². The number of rotatable bonds is 6. The van der Waals surface area contributed by atoms with Crippen molar-refractivity contribution in [2.75, 3.05) is 5.32 Å². The number of benzene rings is 2. The van der Waals surface area contributed by atoms with Crippen molar-refractivity contribution in [3.63, 3.8) is 0 Å². The van der Waals surface area contributed by atoms with Gasteiger partial charge in [-0.3, -0.25) is 0 Å². The standard InChI is InChI=1S/C23H31NO2SSi2/c1-16(12-22(25)26)17-8-10-19(11-9-17)24-23(27)18-13-20(28(2,3)4)15-21(14-18)29(5,6)7/h8-15H,1-7H3,(H,24,27)(H,25,26)/b16-12-. The van der Waals surface area contributed by atoms with Crippen molar-refractivity contribution in [3.8, 4) is 0 Å². The van der Waals surface area contributed by atoms with Gasteiger partial charge in [0.05, 0.1) is 16.1 Å². The van der Waals surface area contributed by atoms with Crippen molar-refractivity contribution < 1.29 is 9.90 Å². The van der Waals surface area contributed by atoms with Gasteiger partial charge in [-0.05, 0) is 30.2 Å². The van der Waals surface area contributed by atoms with Crippen molar-refractivity contribution in [3.05, 3.63) is 59.7 Å². The van der Waals surface area contributed by atoms with E-state index in [4.69, 9.17) is 17.3 Å². The molecule has 0 aliphatic heterocycles. The van der Waals surface area contributed by atoms with Crippen LogP contribution in [0, 0.1) is 0 Å². The van der Waals surface area contributed by atoms with Crippen LogP contribution in [-0.4, -0.2) is 32.2 Å². The fourth-order valence-electron chi connectivity index (χ4n) is 2.91. The van der Waals surface area contributed by atoms with E-state index in [1.54, 1.807) is 6.92 Å². The Hall–Kier alpha value is -2.03. The highest BCUT2D eigenvalue weighted by Gasteiger charge is 2.23. The first-order valence-corrected chi connectivity index (χ1v) is 17.2. The van der Waals surface area contributed by atoms with E-state index in [0.29, 0.717) is 5.57 Å². The molecule has 0 unspecified atom stereocenters. The van der Waals surface area contributed by atoms with E-state index in [2.05, 4.69) is 62.8 Å². The minimum Gasteiger partial charge on any atom is -0.478 e. The lowest BCUT2D eigenvalue weighted by atomic mass is 10.1. The van der Waals surface area contributed by atoms with Crippen LogP contribution >= 0.6 is 12.2 Å². The maximum absolute atomic E-state index is 10.8. The lowest BCUT2D eigenvalue weighted by Crippen LogP contribution is -2.45. The fourth-order valence-corrected chi connectivity index (χ4v) is 5.65. The summed E-state index contributed by atoms with van der Waals surface area (Å²) in [6.45, 7) is 16.0. The van der Waals surface area contributed by atoms with Crippen molar-refractivity contribution in [1.29, 1.82) is 0 Å². The Balaban J connectivity index is 2.32. The predicted molar refractivity (Wildman–Crippen MR) is 135 cm³/mol. The van der Waals surface area contributed by atoms with Crippen LogP contribution in [0.2, 0.25) is 39.3 Å². The minimum atomic E-state index is -1.47. The monoisotopic (exact) mass is 441 g/mol. The van der Waals surface area contributed by atoms with E-state index < -0.39 is 22.1 Å². The molecule has 0 aliphatic rings. The van der Waals surface area contributed by atoms with Gasteiger partial charge in [-0.15, -0.1) is 0 Å². The van der Waals surface area contributed by atoms with Crippen LogP contribution < -0.4 is 15.7 Å². The summed E-state index contributed by atoms with van der Waals surface area (Å²) in [4.78, 5) is 11.6. The maximum atomic E-state index is 10.8. The van der Waals surface area contributed by atoms with Crippen LogP contribution in [0.4, 0.5) is 5.69 Å². The summed E-state index contributed by atoms with van der Waals surface area (Å²) in [7, 11) is -2.93. The molecule has 0 fully saturated rings. The van der Waals surface area contributed by atoms with Gasteiger partial charge in [0.1, 0.15) is 4.99 Å². The van der Waals surface area contributed by atoms with Gasteiger partial charge < -0.3 is 10.4 Å². The first-order chi connectivity index (χ1) is 13.3. The smallest absolute Gasteiger partial charge is 0.328 e. The summed E-state index contributed by atoms with van der Waals surface area (Å²) in [5.41, 5.74) is 3.57. The molecule has 0 saturated heterocycles. The molecular weight excluding hydrogens is 410 g/mol. The largest absolute Gasteiger partial charge is 0.478 e. The Bertz CT molecular complexity index is 920. The van der Waals surface area contributed by atoms with Crippen LogP contribution in [0.1, 0.15) is 18.1 Å². The molecule has 29 heavy (non-hydrogen) atoms. The van der Waals surface area contributed by atoms with E-state index in [-0.39, 0.29) is 0 Å². The fraction of sp³-hybridized carbons (Fsp3) is 0.304. The number of hydrogen-bond acceptors (Lipinski definition) is 2. The molecule has 0 spiro atoms. The second-order valence-corrected chi connectivity index (χ2v) is 20.1. The summed E-state index contributed by atoms with van der Waals surface area (Å²) < 4.78 is 0. The average molecular weight is 442 g/mol. The van der Waals surface area contributed by atoms with Crippen molar-refractivity contribution in [2.45, 2.75) is 46.2 Å². The molecule has 2 aromatic rings. The molecule has 0 heterocycles. The molecule has 0 bridgehead atoms. The molecule has 0 saturated carbocycles. The molecule has 2 N–H and O–H groups in total. The molecule has 0 aliphatic carbocycles. The van der Waals surface area contributed by atoms with Crippen LogP contribution in [0.5, 0.6) is 0 Å². The molecule has 6 heteroatoms. The third-order valence-electron chi connectivity index (χ3n) is 4.87. The Labute approximate surface area is 181 Å². The molecule has 3 nitrogen and oxygen atoms in total. The van der Waals surface area contributed by atoms with E-state index >= 15 is 0 Å². The Morgan fingerprint density at radius 2 is 1.38 bits per heavy atom. The highest BCUT2D eigenvalue weighted by atomic mass is 32.1. The van der Waals surface area contributed by atoms with E-state index in [9.17, 15) is 4.79 Å². The second-order valence-electron chi connectivity index (χ2n) is 9.50. The maximum Gasteiger partial charge on any atom is 0.328 e. The first kappa shape index (κ1) is 23.3. The van der Waals surface area contributed by atoms with Gasteiger partial charge >= 0.3 is 5.97 Å². The number of thiocarbonyl (C=S) groups is 1. The van der Waals surface area contributed by atoms with Gasteiger partial charge in [-0.2, -0.15) is 0 Å². The number of aliphatic carboxylic acids is 1. The predicted octanol–water partition coefficient (Wildman–Crippen LogP) is 5.05. The molecule has 154 valence electrons.